The van der Waals surface area contributed by atoms with Crippen LogP contribution in [-0.4, -0.2) is 30.4 Å². The number of anilines is 2. The van der Waals surface area contributed by atoms with E-state index in [4.69, 9.17) is 4.99 Å². The molecule has 0 aromatic heterocycles. The van der Waals surface area contributed by atoms with Crippen molar-refractivity contribution in [1.29, 1.82) is 0 Å². The number of para-hydroxylation sites is 1. The highest BCUT2D eigenvalue weighted by molar-refractivity contribution is 6.71. The lowest BCUT2D eigenvalue weighted by Gasteiger charge is -2.21. The van der Waals surface area contributed by atoms with Crippen molar-refractivity contribution in [2.24, 2.45) is 10.1 Å². The highest BCUT2D eigenvalue weighted by Gasteiger charge is 2.32. The summed E-state index contributed by atoms with van der Waals surface area (Å²) in [4.78, 5) is 20.2. The molecule has 1 amide bonds. The Bertz CT molecular complexity index is 914. The van der Waals surface area contributed by atoms with Gasteiger partial charge in [-0.2, -0.15) is 10.1 Å². The predicted octanol–water partition coefficient (Wildman–Crippen LogP) is 5.51. The van der Waals surface area contributed by atoms with Gasteiger partial charge in [0, 0.05) is 18.8 Å². The summed E-state index contributed by atoms with van der Waals surface area (Å²) < 4.78 is 0. The lowest BCUT2D eigenvalue weighted by molar-refractivity contribution is -0.112. The third-order valence-corrected chi connectivity index (χ3v) is 5.20. The summed E-state index contributed by atoms with van der Waals surface area (Å²) in [5.41, 5.74) is 5.06. The Morgan fingerprint density at radius 3 is 2.38 bits per heavy atom. The molecule has 152 valence electrons. The van der Waals surface area contributed by atoms with Gasteiger partial charge in [0.25, 0.3) is 5.91 Å². The molecule has 2 aromatic rings. The first-order valence-corrected chi connectivity index (χ1v) is 10.5. The van der Waals surface area contributed by atoms with Crippen LogP contribution in [0.15, 0.2) is 58.6 Å². The minimum Gasteiger partial charge on any atom is -0.372 e. The maximum Gasteiger partial charge on any atom is 0.299 e. The number of unbranched alkanes of at least 4 members (excludes halogenated alkanes) is 1. The number of hydrazone groups is 1. The van der Waals surface area contributed by atoms with E-state index < -0.39 is 0 Å². The van der Waals surface area contributed by atoms with Gasteiger partial charge in [-0.25, -0.2) is 4.99 Å². The van der Waals surface area contributed by atoms with Crippen molar-refractivity contribution < 1.29 is 4.79 Å². The normalized spacial score (nSPS) is 15.2. The van der Waals surface area contributed by atoms with Crippen molar-refractivity contribution >= 4 is 34.4 Å². The molecule has 29 heavy (non-hydrogen) atoms. The van der Waals surface area contributed by atoms with Crippen LogP contribution >= 0.6 is 0 Å². The molecule has 0 saturated heterocycles. The number of nitrogens with zero attached hydrogens (tertiary/aromatic N) is 4. The van der Waals surface area contributed by atoms with E-state index in [-0.39, 0.29) is 5.91 Å². The zero-order valence-electron chi connectivity index (χ0n) is 17.9. The molecular weight excluding hydrogens is 360 g/mol. The molecule has 0 saturated carbocycles. The van der Waals surface area contributed by atoms with E-state index in [1.165, 1.54) is 10.7 Å². The molecule has 0 bridgehead atoms. The molecule has 0 atom stereocenters. The maximum atomic E-state index is 13.1. The zero-order chi connectivity index (χ0) is 20.8. The third-order valence-electron chi connectivity index (χ3n) is 5.20. The summed E-state index contributed by atoms with van der Waals surface area (Å²) in [7, 11) is 0. The van der Waals surface area contributed by atoms with Crippen LogP contribution in [0.5, 0.6) is 0 Å². The van der Waals surface area contributed by atoms with Crippen LogP contribution in [0.2, 0.25) is 0 Å². The van der Waals surface area contributed by atoms with Crippen LogP contribution in [0.4, 0.5) is 17.1 Å². The van der Waals surface area contributed by atoms with Gasteiger partial charge in [0.2, 0.25) is 0 Å². The van der Waals surface area contributed by atoms with Gasteiger partial charge in [-0.3, -0.25) is 4.79 Å². The van der Waals surface area contributed by atoms with E-state index in [2.05, 4.69) is 42.9 Å². The third kappa shape index (κ3) is 4.56. The van der Waals surface area contributed by atoms with Gasteiger partial charge >= 0.3 is 0 Å². The molecule has 1 aliphatic rings. The molecule has 0 unspecified atom stereocenters. The van der Waals surface area contributed by atoms with Crippen LogP contribution in [0.3, 0.4) is 0 Å². The molecule has 0 spiro atoms. The molecule has 5 heteroatoms. The van der Waals surface area contributed by atoms with Gasteiger partial charge in [-0.1, -0.05) is 31.5 Å². The molecule has 5 nitrogen and oxygen atoms in total. The first-order chi connectivity index (χ1) is 14.1. The quantitative estimate of drug-likeness (QED) is 0.597. The van der Waals surface area contributed by atoms with E-state index in [9.17, 15) is 4.79 Å². The van der Waals surface area contributed by atoms with Crippen LogP contribution in [0, 0.1) is 6.92 Å². The van der Waals surface area contributed by atoms with Crippen molar-refractivity contribution in [2.45, 2.75) is 47.0 Å². The van der Waals surface area contributed by atoms with E-state index in [1.807, 2.05) is 43.3 Å². The fraction of sp³-hybridized carbons (Fsp3) is 0.375. The number of carbonyl (C=O) groups excluding carboxylic acids is 1. The standard InChI is InChI=1S/C24H30N4O/c1-5-8-14-22-23(24(29)28(26-22)19-12-10-9-11-13-19)25-21-16-15-20(17-18(21)4)27(6-2)7-3/h9-13,15-17H,5-8,14H2,1-4H3. The molecule has 2 aromatic carbocycles. The minimum atomic E-state index is -0.158. The molecule has 0 radical (unpaired) electrons. The van der Waals surface area contributed by atoms with Crippen molar-refractivity contribution in [3.05, 3.63) is 54.1 Å². The fourth-order valence-corrected chi connectivity index (χ4v) is 3.48. The van der Waals surface area contributed by atoms with Gasteiger partial charge in [0.15, 0.2) is 5.71 Å². The summed E-state index contributed by atoms with van der Waals surface area (Å²) >= 11 is 0. The first kappa shape index (κ1) is 20.8. The van der Waals surface area contributed by atoms with Gasteiger partial charge in [-0.05, 0) is 69.5 Å². The molecule has 0 fully saturated rings. The fourth-order valence-electron chi connectivity index (χ4n) is 3.48. The van der Waals surface area contributed by atoms with Gasteiger partial charge < -0.3 is 4.90 Å². The second-order valence-corrected chi connectivity index (χ2v) is 7.21. The van der Waals surface area contributed by atoms with Gasteiger partial charge in [0.1, 0.15) is 0 Å². The van der Waals surface area contributed by atoms with E-state index in [0.29, 0.717) is 5.71 Å². The summed E-state index contributed by atoms with van der Waals surface area (Å²) in [6.45, 7) is 10.4. The van der Waals surface area contributed by atoms with Gasteiger partial charge in [-0.15, -0.1) is 0 Å². The molecule has 1 aliphatic heterocycles. The van der Waals surface area contributed by atoms with Crippen LogP contribution < -0.4 is 9.91 Å². The lowest BCUT2D eigenvalue weighted by Crippen LogP contribution is -2.27. The average Bonchev–Trinajstić information content (AvgIpc) is 3.05. The van der Waals surface area contributed by atoms with Crippen LogP contribution in [0.25, 0.3) is 0 Å². The van der Waals surface area contributed by atoms with Crippen LogP contribution in [-0.2, 0) is 4.79 Å². The second-order valence-electron chi connectivity index (χ2n) is 7.21. The molecular formula is C24H30N4O. The number of benzene rings is 2. The lowest BCUT2D eigenvalue weighted by atomic mass is 10.1. The monoisotopic (exact) mass is 390 g/mol. The molecule has 0 N–H and O–H groups in total. The Kier molecular flexibility index (Phi) is 6.81. The largest absolute Gasteiger partial charge is 0.372 e. The smallest absolute Gasteiger partial charge is 0.299 e. The first-order valence-electron chi connectivity index (χ1n) is 10.5. The number of rotatable bonds is 8. The Balaban J connectivity index is 1.96. The summed E-state index contributed by atoms with van der Waals surface area (Å²) in [6.07, 6.45) is 2.78. The Hall–Kier alpha value is -2.95. The van der Waals surface area contributed by atoms with Crippen molar-refractivity contribution in [1.82, 2.24) is 0 Å². The van der Waals surface area contributed by atoms with E-state index in [0.717, 1.165) is 55.0 Å². The zero-order valence-corrected chi connectivity index (χ0v) is 17.9. The highest BCUT2D eigenvalue weighted by Crippen LogP contribution is 2.27. The SMILES string of the molecule is CCCCC1=NN(c2ccccc2)C(=O)C1=Nc1ccc(N(CC)CC)cc1C. The number of aliphatic imine (C=N–C) groups is 1. The number of aryl methyl sites for hydroxylation is 1. The molecule has 3 rings (SSSR count). The van der Waals surface area contributed by atoms with Crippen molar-refractivity contribution in [3.63, 3.8) is 0 Å². The highest BCUT2D eigenvalue weighted by atomic mass is 16.2. The number of hydrogen-bond donors (Lipinski definition) is 0. The summed E-state index contributed by atoms with van der Waals surface area (Å²) in [5, 5.41) is 6.09. The van der Waals surface area contributed by atoms with Crippen molar-refractivity contribution in [2.75, 3.05) is 23.0 Å². The number of hydrogen-bond acceptors (Lipinski definition) is 4. The Morgan fingerprint density at radius 2 is 1.76 bits per heavy atom. The summed E-state index contributed by atoms with van der Waals surface area (Å²) in [6, 6.07) is 15.8. The van der Waals surface area contributed by atoms with Crippen molar-refractivity contribution in [3.8, 4) is 0 Å². The Labute approximate surface area is 173 Å². The molecule has 1 heterocycles. The van der Waals surface area contributed by atoms with Gasteiger partial charge in [0.05, 0.1) is 17.1 Å². The number of carbonyl (C=O) groups is 1. The predicted molar refractivity (Wildman–Crippen MR) is 123 cm³/mol. The van der Waals surface area contributed by atoms with E-state index >= 15 is 0 Å². The summed E-state index contributed by atoms with van der Waals surface area (Å²) in [5.74, 6) is -0.158. The van der Waals surface area contributed by atoms with Crippen LogP contribution in [0.1, 0.15) is 45.6 Å². The maximum absolute atomic E-state index is 13.1. The average molecular weight is 391 g/mol. The molecule has 0 aliphatic carbocycles. The van der Waals surface area contributed by atoms with E-state index in [1.54, 1.807) is 0 Å². The number of amides is 1. The topological polar surface area (TPSA) is 48.3 Å². The second kappa shape index (κ2) is 9.50. The minimum absolute atomic E-state index is 0.158. The Morgan fingerprint density at radius 1 is 1.03 bits per heavy atom.